The van der Waals surface area contributed by atoms with Crippen molar-refractivity contribution in [2.45, 2.75) is 17.6 Å². The number of carbonyl (C=O) groups is 1. The van der Waals surface area contributed by atoms with Gasteiger partial charge in [0.05, 0.1) is 11.7 Å². The second kappa shape index (κ2) is 6.42. The molecule has 0 N–H and O–H groups in total. The quantitative estimate of drug-likeness (QED) is 0.457. The number of halogens is 2. The maximum absolute atomic E-state index is 12.0. The fraction of sp³-hybridized carbons (Fsp3) is 0.250. The van der Waals surface area contributed by atoms with Gasteiger partial charge in [0.1, 0.15) is 0 Å². The zero-order chi connectivity index (χ0) is 10.7. The van der Waals surface area contributed by atoms with Gasteiger partial charge in [-0.25, -0.2) is 0 Å². The monoisotopic (exact) mass is 241 g/mol. The fourth-order valence-electron chi connectivity index (χ4n) is 0.840. The van der Waals surface area contributed by atoms with Gasteiger partial charge in [0, 0.05) is 16.7 Å². The van der Waals surface area contributed by atoms with E-state index in [0.717, 1.165) is 12.3 Å². The average molecular weight is 241 g/mol. The van der Waals surface area contributed by atoms with E-state index in [9.17, 15) is 18.7 Å². The molecular formula is C8H6F2NNaO2S. The van der Waals surface area contributed by atoms with Crippen LogP contribution >= 0.6 is 11.8 Å². The van der Waals surface area contributed by atoms with Gasteiger partial charge in [0.25, 0.3) is 5.76 Å². The van der Waals surface area contributed by atoms with Gasteiger partial charge in [0.15, 0.2) is 0 Å². The summed E-state index contributed by atoms with van der Waals surface area (Å²) < 4.78 is 24.0. The molecule has 1 aromatic rings. The van der Waals surface area contributed by atoms with Crippen molar-refractivity contribution in [1.82, 2.24) is 4.98 Å². The van der Waals surface area contributed by atoms with Crippen molar-refractivity contribution in [1.29, 1.82) is 0 Å². The van der Waals surface area contributed by atoms with Crippen molar-refractivity contribution >= 4 is 17.7 Å². The van der Waals surface area contributed by atoms with Crippen molar-refractivity contribution in [3.05, 3.63) is 23.5 Å². The molecule has 1 aromatic heterocycles. The van der Waals surface area contributed by atoms with Crippen LogP contribution in [0.3, 0.4) is 0 Å². The van der Waals surface area contributed by atoms with Crippen LogP contribution in [-0.4, -0.2) is 16.7 Å². The largest absolute Gasteiger partial charge is 1.00 e. The van der Waals surface area contributed by atoms with E-state index in [4.69, 9.17) is 0 Å². The van der Waals surface area contributed by atoms with Crippen LogP contribution in [0.4, 0.5) is 8.78 Å². The normalized spacial score (nSPS) is 9.87. The molecule has 0 radical (unpaired) electrons. The van der Waals surface area contributed by atoms with Crippen LogP contribution in [0.2, 0.25) is 0 Å². The van der Waals surface area contributed by atoms with Crippen LogP contribution in [0.5, 0.6) is 0 Å². The van der Waals surface area contributed by atoms with Crippen molar-refractivity contribution in [3.63, 3.8) is 0 Å². The molecule has 0 aliphatic carbocycles. The van der Waals surface area contributed by atoms with Crippen molar-refractivity contribution in [2.75, 3.05) is 0 Å². The van der Waals surface area contributed by atoms with Gasteiger partial charge in [-0.05, 0) is 13.0 Å². The third-order valence-corrected chi connectivity index (χ3v) is 2.34. The number of alkyl halides is 2. The molecule has 1 heterocycles. The van der Waals surface area contributed by atoms with E-state index in [0.29, 0.717) is 5.69 Å². The number of aryl methyl sites for hydroxylation is 1. The summed E-state index contributed by atoms with van der Waals surface area (Å²) >= 11 is 0.270. The Morgan fingerprint density at radius 2 is 2.20 bits per heavy atom. The van der Waals surface area contributed by atoms with E-state index < -0.39 is 11.7 Å². The van der Waals surface area contributed by atoms with Gasteiger partial charge < -0.3 is 9.90 Å². The van der Waals surface area contributed by atoms with Crippen LogP contribution in [-0.2, 0) is 0 Å². The minimum Gasteiger partial charge on any atom is -0.545 e. The Morgan fingerprint density at radius 1 is 1.60 bits per heavy atom. The fourth-order valence-corrected chi connectivity index (χ4v) is 1.45. The molecule has 0 bridgehead atoms. The minimum atomic E-state index is -2.59. The van der Waals surface area contributed by atoms with Crippen LogP contribution in [0.15, 0.2) is 17.2 Å². The van der Waals surface area contributed by atoms with Gasteiger partial charge in [-0.2, -0.15) is 8.78 Å². The molecule has 0 atom stereocenters. The Kier molecular flexibility index (Phi) is 6.35. The SMILES string of the molecule is Cc1ncc(C(=O)[O-])cc1SC(F)F.[Na+]. The van der Waals surface area contributed by atoms with Crippen molar-refractivity contribution in [2.24, 2.45) is 0 Å². The summed E-state index contributed by atoms with van der Waals surface area (Å²) in [5.41, 5.74) is 0.180. The topological polar surface area (TPSA) is 53.0 Å². The number of aromatic carboxylic acids is 1. The maximum Gasteiger partial charge on any atom is 1.00 e. The first-order chi connectivity index (χ1) is 6.50. The molecule has 0 saturated carbocycles. The molecule has 0 unspecified atom stereocenters. The molecule has 0 saturated heterocycles. The summed E-state index contributed by atoms with van der Waals surface area (Å²) in [6.07, 6.45) is 1.08. The van der Waals surface area contributed by atoms with Crippen LogP contribution in [0, 0.1) is 6.92 Å². The molecule has 7 heteroatoms. The van der Waals surface area contributed by atoms with Gasteiger partial charge >= 0.3 is 29.6 Å². The zero-order valence-electron chi connectivity index (χ0n) is 8.16. The summed E-state index contributed by atoms with van der Waals surface area (Å²) in [5, 5.41) is 10.4. The molecule has 0 aliphatic rings. The van der Waals surface area contributed by atoms with E-state index in [-0.39, 0.29) is 51.8 Å². The standard InChI is InChI=1S/C8H7F2NO2S.Na/c1-4-6(14-8(9)10)2-5(3-11-4)7(12)13;/h2-3,8H,1H3,(H,12,13);/q;+1/p-1. The van der Waals surface area contributed by atoms with E-state index in [2.05, 4.69) is 4.98 Å². The molecule has 0 aromatic carbocycles. The Hall–Kier alpha value is -0.170. The number of carboxylic acids is 1. The van der Waals surface area contributed by atoms with Gasteiger partial charge in [0.2, 0.25) is 0 Å². The summed E-state index contributed by atoms with van der Waals surface area (Å²) in [6.45, 7) is 1.53. The minimum absolute atomic E-state index is 0. The van der Waals surface area contributed by atoms with Crippen molar-refractivity contribution in [3.8, 4) is 0 Å². The Bertz CT molecular complexity index is 362. The van der Waals surface area contributed by atoms with E-state index in [1.54, 1.807) is 0 Å². The average Bonchev–Trinajstić information content (AvgIpc) is 2.07. The number of nitrogens with zero attached hydrogens (tertiary/aromatic N) is 1. The van der Waals surface area contributed by atoms with E-state index in [1.807, 2.05) is 0 Å². The number of aromatic nitrogens is 1. The van der Waals surface area contributed by atoms with Gasteiger partial charge in [-0.15, -0.1) is 0 Å². The molecule has 0 amide bonds. The molecule has 0 spiro atoms. The van der Waals surface area contributed by atoms with E-state index >= 15 is 0 Å². The van der Waals surface area contributed by atoms with Gasteiger partial charge in [-0.3, -0.25) is 4.98 Å². The second-order valence-electron chi connectivity index (χ2n) is 2.47. The molecule has 1 rings (SSSR count). The first-order valence-corrected chi connectivity index (χ1v) is 4.51. The Labute approximate surface area is 112 Å². The van der Waals surface area contributed by atoms with E-state index in [1.165, 1.54) is 6.92 Å². The van der Waals surface area contributed by atoms with Crippen LogP contribution in [0.1, 0.15) is 16.1 Å². The summed E-state index contributed by atoms with van der Waals surface area (Å²) in [7, 11) is 0. The molecule has 0 fully saturated rings. The summed E-state index contributed by atoms with van der Waals surface area (Å²) in [5.74, 6) is -4.01. The summed E-state index contributed by atoms with van der Waals surface area (Å²) in [4.78, 5) is 14.2. The van der Waals surface area contributed by atoms with Crippen LogP contribution in [0.25, 0.3) is 0 Å². The number of carboxylic acid groups (broad SMARTS) is 1. The number of thioether (sulfide) groups is 1. The molecule has 0 aliphatic heterocycles. The van der Waals surface area contributed by atoms with Crippen molar-refractivity contribution < 1.29 is 48.2 Å². The maximum atomic E-state index is 12.0. The number of pyridine rings is 1. The predicted octanol–water partition coefficient (Wildman–Crippen LogP) is -1.93. The Balaban J connectivity index is 0.00000196. The third kappa shape index (κ3) is 4.46. The zero-order valence-corrected chi connectivity index (χ0v) is 11.0. The number of hydrogen-bond donors (Lipinski definition) is 0. The second-order valence-corrected chi connectivity index (χ2v) is 3.51. The number of hydrogen-bond acceptors (Lipinski definition) is 4. The molecule has 3 nitrogen and oxygen atoms in total. The molecular weight excluding hydrogens is 235 g/mol. The summed E-state index contributed by atoms with van der Waals surface area (Å²) in [6, 6.07) is 1.13. The molecule has 76 valence electrons. The smallest absolute Gasteiger partial charge is 0.545 e. The number of carbonyl (C=O) groups excluding carboxylic acids is 1. The third-order valence-electron chi connectivity index (χ3n) is 1.49. The first kappa shape index (κ1) is 14.8. The Morgan fingerprint density at radius 3 is 2.67 bits per heavy atom. The predicted molar refractivity (Wildman–Crippen MR) is 45.2 cm³/mol. The van der Waals surface area contributed by atoms with Crippen LogP contribution < -0.4 is 34.7 Å². The molecule has 15 heavy (non-hydrogen) atoms. The first-order valence-electron chi connectivity index (χ1n) is 3.63. The number of rotatable bonds is 3. The van der Waals surface area contributed by atoms with Gasteiger partial charge in [-0.1, -0.05) is 11.8 Å².